The summed E-state index contributed by atoms with van der Waals surface area (Å²) in [5.74, 6) is -2.33. The van der Waals surface area contributed by atoms with Crippen LogP contribution in [0.4, 0.5) is 5.13 Å². The van der Waals surface area contributed by atoms with Crippen LogP contribution in [0.3, 0.4) is 0 Å². The molecule has 0 aromatic carbocycles. The average molecular weight is 255 g/mol. The second kappa shape index (κ2) is 3.76. The molecule has 0 spiro atoms. The van der Waals surface area contributed by atoms with Crippen LogP contribution in [0.15, 0.2) is 0 Å². The standard InChI is InChI=1S/C10H13N3O3S/c1-4-12-13-9(17-4)11-7(14)5-6(8(15)16)10(5,2)3/h5-6H,1-3H3,(H,15,16)(H,11,13,14)/t5-,6+/m1/s1. The third-order valence-electron chi connectivity index (χ3n) is 3.13. The zero-order chi connectivity index (χ0) is 12.8. The fraction of sp³-hybridized carbons (Fsp3) is 0.600. The highest BCUT2D eigenvalue weighted by molar-refractivity contribution is 7.15. The number of hydrogen-bond donors (Lipinski definition) is 2. The highest BCUT2D eigenvalue weighted by atomic mass is 32.1. The van der Waals surface area contributed by atoms with E-state index < -0.39 is 23.2 Å². The predicted molar refractivity (Wildman–Crippen MR) is 61.7 cm³/mol. The lowest BCUT2D eigenvalue weighted by atomic mass is 10.1. The van der Waals surface area contributed by atoms with E-state index in [1.54, 1.807) is 20.8 Å². The molecule has 1 aliphatic carbocycles. The third kappa shape index (κ3) is 2.02. The zero-order valence-electron chi connectivity index (χ0n) is 9.72. The van der Waals surface area contributed by atoms with Gasteiger partial charge in [-0.05, 0) is 12.3 Å². The van der Waals surface area contributed by atoms with Gasteiger partial charge in [-0.3, -0.25) is 9.59 Å². The van der Waals surface area contributed by atoms with Crippen molar-refractivity contribution in [1.29, 1.82) is 0 Å². The number of aryl methyl sites for hydroxylation is 1. The van der Waals surface area contributed by atoms with Crippen LogP contribution in [0.1, 0.15) is 18.9 Å². The van der Waals surface area contributed by atoms with Gasteiger partial charge < -0.3 is 10.4 Å². The highest BCUT2D eigenvalue weighted by Gasteiger charge is 2.65. The van der Waals surface area contributed by atoms with Crippen LogP contribution in [-0.4, -0.2) is 27.2 Å². The van der Waals surface area contributed by atoms with Gasteiger partial charge >= 0.3 is 5.97 Å². The highest BCUT2D eigenvalue weighted by Crippen LogP contribution is 2.58. The lowest BCUT2D eigenvalue weighted by molar-refractivity contribution is -0.140. The second-order valence-corrected chi connectivity index (χ2v) is 5.91. The van der Waals surface area contributed by atoms with E-state index >= 15 is 0 Å². The SMILES string of the molecule is Cc1nnc(NC(=O)[C@H]2[C@@H](C(=O)O)C2(C)C)s1. The van der Waals surface area contributed by atoms with E-state index in [9.17, 15) is 9.59 Å². The molecule has 0 saturated heterocycles. The van der Waals surface area contributed by atoms with E-state index in [1.165, 1.54) is 11.3 Å². The maximum absolute atomic E-state index is 11.9. The topological polar surface area (TPSA) is 92.2 Å². The van der Waals surface area contributed by atoms with Crippen molar-refractivity contribution in [2.45, 2.75) is 20.8 Å². The molecule has 92 valence electrons. The van der Waals surface area contributed by atoms with E-state index in [-0.39, 0.29) is 5.91 Å². The fourth-order valence-corrected chi connectivity index (χ4v) is 2.71. The molecule has 2 atom stereocenters. The first-order valence-corrected chi connectivity index (χ1v) is 5.99. The Morgan fingerprint density at radius 3 is 2.41 bits per heavy atom. The molecular weight excluding hydrogens is 242 g/mol. The lowest BCUT2D eigenvalue weighted by Gasteiger charge is -2.01. The molecule has 7 heteroatoms. The Morgan fingerprint density at radius 2 is 2.00 bits per heavy atom. The van der Waals surface area contributed by atoms with Gasteiger partial charge in [0.25, 0.3) is 0 Å². The van der Waals surface area contributed by atoms with E-state index in [0.717, 1.165) is 5.01 Å². The summed E-state index contributed by atoms with van der Waals surface area (Å²) in [5, 5.41) is 20.3. The summed E-state index contributed by atoms with van der Waals surface area (Å²) in [5.41, 5.74) is -0.490. The van der Waals surface area contributed by atoms with Crippen LogP contribution in [-0.2, 0) is 9.59 Å². The van der Waals surface area contributed by atoms with Crippen molar-refractivity contribution in [1.82, 2.24) is 10.2 Å². The smallest absolute Gasteiger partial charge is 0.307 e. The molecule has 0 aliphatic heterocycles. The van der Waals surface area contributed by atoms with Gasteiger partial charge in [-0.25, -0.2) is 0 Å². The normalized spacial score (nSPS) is 25.4. The average Bonchev–Trinajstić information content (AvgIpc) is 2.54. The van der Waals surface area contributed by atoms with Crippen LogP contribution in [0, 0.1) is 24.2 Å². The summed E-state index contributed by atoms with van der Waals surface area (Å²) in [7, 11) is 0. The van der Waals surface area contributed by atoms with Gasteiger partial charge in [-0.2, -0.15) is 0 Å². The molecule has 1 aromatic rings. The minimum atomic E-state index is -0.927. The van der Waals surface area contributed by atoms with E-state index in [4.69, 9.17) is 5.11 Å². The number of nitrogens with one attached hydrogen (secondary N) is 1. The molecule has 1 aliphatic rings. The fourth-order valence-electron chi connectivity index (χ4n) is 2.12. The van der Waals surface area contributed by atoms with E-state index in [2.05, 4.69) is 15.5 Å². The van der Waals surface area contributed by atoms with Crippen LogP contribution in [0.25, 0.3) is 0 Å². The van der Waals surface area contributed by atoms with Gasteiger partial charge in [0.1, 0.15) is 5.01 Å². The minimum Gasteiger partial charge on any atom is -0.481 e. The summed E-state index contributed by atoms with van der Waals surface area (Å²) >= 11 is 1.27. The first kappa shape index (κ1) is 12.0. The Morgan fingerprint density at radius 1 is 1.35 bits per heavy atom. The Kier molecular flexibility index (Phi) is 2.65. The number of carboxylic acid groups (broad SMARTS) is 1. The Bertz CT molecular complexity index is 483. The molecule has 0 radical (unpaired) electrons. The first-order valence-electron chi connectivity index (χ1n) is 5.18. The number of nitrogens with zero attached hydrogens (tertiary/aromatic N) is 2. The molecule has 2 rings (SSSR count). The van der Waals surface area contributed by atoms with Crippen LogP contribution >= 0.6 is 11.3 Å². The Labute approximate surface area is 102 Å². The molecule has 17 heavy (non-hydrogen) atoms. The molecule has 2 N–H and O–H groups in total. The lowest BCUT2D eigenvalue weighted by Crippen LogP contribution is -2.17. The second-order valence-electron chi connectivity index (χ2n) is 4.73. The molecule has 1 aromatic heterocycles. The maximum atomic E-state index is 11.9. The maximum Gasteiger partial charge on any atom is 0.307 e. The van der Waals surface area contributed by atoms with Crippen molar-refractivity contribution in [3.05, 3.63) is 5.01 Å². The summed E-state index contributed by atoms with van der Waals surface area (Å²) in [6.07, 6.45) is 0. The van der Waals surface area contributed by atoms with Crippen LogP contribution < -0.4 is 5.32 Å². The van der Waals surface area contributed by atoms with Gasteiger partial charge in [-0.15, -0.1) is 10.2 Å². The number of amides is 1. The monoisotopic (exact) mass is 255 g/mol. The van der Waals surface area contributed by atoms with Crippen molar-refractivity contribution in [3.63, 3.8) is 0 Å². The van der Waals surface area contributed by atoms with Gasteiger partial charge in [0.15, 0.2) is 0 Å². The Balaban J connectivity index is 2.05. The Hall–Kier alpha value is -1.50. The predicted octanol–water partition coefficient (Wildman–Crippen LogP) is 1.14. The van der Waals surface area contributed by atoms with Crippen LogP contribution in [0.2, 0.25) is 0 Å². The first-order chi connectivity index (χ1) is 7.84. The van der Waals surface area contributed by atoms with Gasteiger partial charge in [-0.1, -0.05) is 25.2 Å². The number of carboxylic acids is 1. The van der Waals surface area contributed by atoms with E-state index in [1.807, 2.05) is 0 Å². The molecular formula is C10H13N3O3S. The number of aliphatic carboxylic acids is 1. The number of anilines is 1. The van der Waals surface area contributed by atoms with Crippen molar-refractivity contribution in [2.75, 3.05) is 5.32 Å². The molecule has 6 nitrogen and oxygen atoms in total. The molecule has 0 unspecified atom stereocenters. The molecule has 1 heterocycles. The molecule has 1 fully saturated rings. The summed E-state index contributed by atoms with van der Waals surface area (Å²) in [6, 6.07) is 0. The number of carbonyl (C=O) groups excluding carboxylic acids is 1. The van der Waals surface area contributed by atoms with Crippen LogP contribution in [0.5, 0.6) is 0 Å². The number of hydrogen-bond acceptors (Lipinski definition) is 5. The largest absolute Gasteiger partial charge is 0.481 e. The minimum absolute atomic E-state index is 0.293. The van der Waals surface area contributed by atoms with Crippen molar-refractivity contribution >= 4 is 28.3 Å². The molecule has 0 bridgehead atoms. The van der Waals surface area contributed by atoms with E-state index in [0.29, 0.717) is 5.13 Å². The quantitative estimate of drug-likeness (QED) is 0.845. The molecule has 1 amide bonds. The van der Waals surface area contributed by atoms with Crippen molar-refractivity contribution in [3.8, 4) is 0 Å². The number of aromatic nitrogens is 2. The number of rotatable bonds is 3. The van der Waals surface area contributed by atoms with Gasteiger partial charge in [0.2, 0.25) is 11.0 Å². The molecule has 1 saturated carbocycles. The zero-order valence-corrected chi connectivity index (χ0v) is 10.5. The number of carbonyl (C=O) groups is 2. The van der Waals surface area contributed by atoms with Crippen molar-refractivity contribution < 1.29 is 14.7 Å². The summed E-state index contributed by atoms with van der Waals surface area (Å²) in [4.78, 5) is 22.8. The summed E-state index contributed by atoms with van der Waals surface area (Å²) < 4.78 is 0. The summed E-state index contributed by atoms with van der Waals surface area (Å²) in [6.45, 7) is 5.34. The van der Waals surface area contributed by atoms with Crippen molar-refractivity contribution in [2.24, 2.45) is 17.3 Å². The van der Waals surface area contributed by atoms with Gasteiger partial charge in [0.05, 0.1) is 11.8 Å². The third-order valence-corrected chi connectivity index (χ3v) is 3.89. The van der Waals surface area contributed by atoms with Gasteiger partial charge in [0, 0.05) is 0 Å².